The summed E-state index contributed by atoms with van der Waals surface area (Å²) in [4.78, 5) is 6.50. The number of guanidine groups is 1. The van der Waals surface area contributed by atoms with Gasteiger partial charge in [-0.1, -0.05) is 20.8 Å². The molecule has 0 atom stereocenters. The summed E-state index contributed by atoms with van der Waals surface area (Å²) in [6.07, 6.45) is 3.27. The van der Waals surface area contributed by atoms with E-state index in [1.165, 1.54) is 0 Å². The zero-order valence-corrected chi connectivity index (χ0v) is 9.88. The van der Waals surface area contributed by atoms with Crippen molar-refractivity contribution in [2.24, 2.45) is 10.8 Å². The highest BCUT2D eigenvalue weighted by Gasteiger charge is 2.13. The molecule has 3 N–H and O–H groups in total. The number of nitrogens with two attached hydrogens (primary N) is 1. The first kappa shape index (κ1) is 13.2. The number of aliphatic imine (C=N–C) groups is 1. The smallest absolute Gasteiger partial charge is 0.208 e. The Morgan fingerprint density at radius 3 is 2.29 bits per heavy atom. The molecule has 0 amide bonds. The molecule has 0 heterocycles. The summed E-state index contributed by atoms with van der Waals surface area (Å²) >= 11 is 0. The Bertz CT molecular complexity index is 164. The van der Waals surface area contributed by atoms with Crippen LogP contribution in [-0.2, 0) is 0 Å². The lowest BCUT2D eigenvalue weighted by molar-refractivity contribution is 0.334. The first-order valence-corrected chi connectivity index (χ1v) is 5.45. The molecule has 0 aromatic carbocycles. The van der Waals surface area contributed by atoms with Gasteiger partial charge in [0.05, 0.1) is 0 Å². The molecular formula is C10H24N4. The maximum atomic E-state index is 5.44. The van der Waals surface area contributed by atoms with Gasteiger partial charge >= 0.3 is 0 Å². The molecule has 0 rings (SSSR count). The highest BCUT2D eigenvalue weighted by Crippen LogP contribution is 2.05. The Morgan fingerprint density at radius 1 is 1.36 bits per heavy atom. The van der Waals surface area contributed by atoms with Crippen LogP contribution in [0.4, 0.5) is 0 Å². The van der Waals surface area contributed by atoms with Crippen LogP contribution in [0.5, 0.6) is 0 Å². The maximum Gasteiger partial charge on any atom is 0.208 e. The monoisotopic (exact) mass is 200 g/mol. The van der Waals surface area contributed by atoms with Crippen molar-refractivity contribution in [3.63, 3.8) is 0 Å². The lowest BCUT2D eigenvalue weighted by atomic mass is 10.1. The van der Waals surface area contributed by atoms with Crippen molar-refractivity contribution in [1.82, 2.24) is 10.3 Å². The first-order valence-electron chi connectivity index (χ1n) is 5.45. The van der Waals surface area contributed by atoms with E-state index in [9.17, 15) is 0 Å². The number of rotatable bonds is 5. The Kier molecular flexibility index (Phi) is 7.20. The molecule has 0 aromatic rings. The molecule has 0 aliphatic rings. The van der Waals surface area contributed by atoms with Gasteiger partial charge in [0.15, 0.2) is 0 Å². The molecule has 4 nitrogen and oxygen atoms in total. The molecule has 0 aromatic heterocycles. The molecule has 0 saturated carbocycles. The van der Waals surface area contributed by atoms with Gasteiger partial charge in [-0.05, 0) is 19.3 Å². The molecule has 0 aliphatic heterocycles. The van der Waals surface area contributed by atoms with Crippen molar-refractivity contribution in [1.29, 1.82) is 0 Å². The van der Waals surface area contributed by atoms with Crippen LogP contribution in [0.15, 0.2) is 4.99 Å². The number of hydrogen-bond donors (Lipinski definition) is 2. The average Bonchev–Trinajstić information content (AvgIpc) is 2.21. The van der Waals surface area contributed by atoms with Gasteiger partial charge in [0.25, 0.3) is 0 Å². The predicted octanol–water partition coefficient (Wildman–Crippen LogP) is 1.34. The lowest BCUT2D eigenvalue weighted by Crippen LogP contribution is -2.47. The van der Waals surface area contributed by atoms with Gasteiger partial charge in [0.1, 0.15) is 0 Å². The minimum Gasteiger partial charge on any atom is -0.342 e. The summed E-state index contributed by atoms with van der Waals surface area (Å²) in [5.41, 5.74) is 2.66. The van der Waals surface area contributed by atoms with Crippen LogP contribution in [0, 0.1) is 0 Å². The third-order valence-electron chi connectivity index (χ3n) is 2.44. The van der Waals surface area contributed by atoms with E-state index in [-0.39, 0.29) is 0 Å². The molecule has 0 spiro atoms. The second-order valence-corrected chi connectivity index (χ2v) is 3.43. The van der Waals surface area contributed by atoms with Gasteiger partial charge in [0, 0.05) is 19.6 Å². The Hall–Kier alpha value is -0.770. The topological polar surface area (TPSA) is 53.6 Å². The zero-order valence-electron chi connectivity index (χ0n) is 9.88. The third kappa shape index (κ3) is 3.96. The minimum atomic E-state index is 0.515. The summed E-state index contributed by atoms with van der Waals surface area (Å²) in [5, 5.41) is 0. The number of hydrogen-bond acceptors (Lipinski definition) is 2. The van der Waals surface area contributed by atoms with Crippen LogP contribution >= 0.6 is 0 Å². The highest BCUT2D eigenvalue weighted by molar-refractivity contribution is 5.79. The highest BCUT2D eigenvalue weighted by atomic mass is 15.4. The van der Waals surface area contributed by atoms with Gasteiger partial charge in [-0.15, -0.1) is 0 Å². The Labute approximate surface area is 87.5 Å². The number of nitrogens with one attached hydrogen (secondary N) is 1. The SMILES string of the molecule is CCCN=C(NN)N(C)C(CC)CC. The second-order valence-electron chi connectivity index (χ2n) is 3.43. The minimum absolute atomic E-state index is 0.515. The van der Waals surface area contributed by atoms with Crippen LogP contribution in [0.2, 0.25) is 0 Å². The number of nitrogens with zero attached hydrogens (tertiary/aromatic N) is 2. The van der Waals surface area contributed by atoms with E-state index in [0.717, 1.165) is 31.8 Å². The second kappa shape index (κ2) is 7.62. The van der Waals surface area contributed by atoms with Crippen LogP contribution in [0.1, 0.15) is 40.0 Å². The molecule has 0 unspecified atom stereocenters. The average molecular weight is 200 g/mol. The predicted molar refractivity (Wildman–Crippen MR) is 62.0 cm³/mol. The summed E-state index contributed by atoms with van der Waals surface area (Å²) in [6, 6.07) is 0.515. The van der Waals surface area contributed by atoms with E-state index in [2.05, 4.69) is 36.1 Å². The van der Waals surface area contributed by atoms with Crippen molar-refractivity contribution < 1.29 is 0 Å². The summed E-state index contributed by atoms with van der Waals surface area (Å²) < 4.78 is 0. The van der Waals surface area contributed by atoms with Gasteiger partial charge in [0.2, 0.25) is 5.96 Å². The van der Waals surface area contributed by atoms with E-state index in [0.29, 0.717) is 6.04 Å². The zero-order chi connectivity index (χ0) is 11.0. The van der Waals surface area contributed by atoms with Crippen molar-refractivity contribution in [2.75, 3.05) is 13.6 Å². The van der Waals surface area contributed by atoms with E-state index in [1.807, 2.05) is 7.05 Å². The van der Waals surface area contributed by atoms with Gasteiger partial charge < -0.3 is 4.90 Å². The van der Waals surface area contributed by atoms with Crippen molar-refractivity contribution in [3.8, 4) is 0 Å². The van der Waals surface area contributed by atoms with Crippen LogP contribution < -0.4 is 11.3 Å². The van der Waals surface area contributed by atoms with Gasteiger partial charge in [-0.3, -0.25) is 10.4 Å². The normalized spacial score (nSPS) is 12.0. The molecule has 0 fully saturated rings. The van der Waals surface area contributed by atoms with Gasteiger partial charge in [-0.25, -0.2) is 5.84 Å². The molecule has 0 aliphatic carbocycles. The Balaban J connectivity index is 4.34. The summed E-state index contributed by atoms with van der Waals surface area (Å²) in [7, 11) is 2.03. The standard InChI is InChI=1S/C10H24N4/c1-5-8-12-10(13-11)14(4)9(6-2)7-3/h9H,5-8,11H2,1-4H3,(H,12,13). The van der Waals surface area contributed by atoms with Crippen molar-refractivity contribution >= 4 is 5.96 Å². The fourth-order valence-electron chi connectivity index (χ4n) is 1.49. The molecular weight excluding hydrogens is 176 g/mol. The van der Waals surface area contributed by atoms with Gasteiger partial charge in [-0.2, -0.15) is 0 Å². The first-order chi connectivity index (χ1) is 6.71. The summed E-state index contributed by atoms with van der Waals surface area (Å²) in [5.74, 6) is 6.23. The fraction of sp³-hybridized carbons (Fsp3) is 0.900. The molecule has 4 heteroatoms. The molecule has 84 valence electrons. The lowest BCUT2D eigenvalue weighted by Gasteiger charge is -2.28. The van der Waals surface area contributed by atoms with Crippen molar-refractivity contribution in [3.05, 3.63) is 0 Å². The van der Waals surface area contributed by atoms with Crippen molar-refractivity contribution in [2.45, 2.75) is 46.1 Å². The summed E-state index contributed by atoms with van der Waals surface area (Å²) in [6.45, 7) is 7.29. The van der Waals surface area contributed by atoms with Crippen LogP contribution in [-0.4, -0.2) is 30.5 Å². The van der Waals surface area contributed by atoms with E-state index >= 15 is 0 Å². The quantitative estimate of drug-likeness (QED) is 0.305. The van der Waals surface area contributed by atoms with Crippen LogP contribution in [0.3, 0.4) is 0 Å². The third-order valence-corrected chi connectivity index (χ3v) is 2.44. The Morgan fingerprint density at radius 2 is 1.93 bits per heavy atom. The van der Waals surface area contributed by atoms with E-state index in [1.54, 1.807) is 0 Å². The fourth-order valence-corrected chi connectivity index (χ4v) is 1.49. The van der Waals surface area contributed by atoms with E-state index < -0.39 is 0 Å². The maximum absolute atomic E-state index is 5.44. The molecule has 0 bridgehead atoms. The molecule has 0 saturated heterocycles. The largest absolute Gasteiger partial charge is 0.342 e. The van der Waals surface area contributed by atoms with E-state index in [4.69, 9.17) is 5.84 Å². The number of hydrazine groups is 1. The van der Waals surface area contributed by atoms with Crippen LogP contribution in [0.25, 0.3) is 0 Å². The molecule has 14 heavy (non-hydrogen) atoms. The molecule has 0 radical (unpaired) electrons.